The molecule has 0 saturated carbocycles. The van der Waals surface area contributed by atoms with Gasteiger partial charge in [0, 0.05) is 6.20 Å². The van der Waals surface area contributed by atoms with Crippen LogP contribution in [0.25, 0.3) is 17.2 Å². The second kappa shape index (κ2) is 6.82. The minimum atomic E-state index is -0.795. The van der Waals surface area contributed by atoms with Crippen molar-refractivity contribution in [3.05, 3.63) is 70.2 Å². The Labute approximate surface area is 161 Å². The first-order valence-electron chi connectivity index (χ1n) is 8.27. The molecule has 0 radical (unpaired) electrons. The van der Waals surface area contributed by atoms with E-state index in [1.807, 2.05) is 0 Å². The number of nitrogens with zero attached hydrogens (tertiary/aromatic N) is 7. The second-order valence-electron chi connectivity index (χ2n) is 6.12. The number of imidazole rings is 1. The highest BCUT2D eigenvalue weighted by atomic mass is 19.1. The maximum absolute atomic E-state index is 13.7. The van der Waals surface area contributed by atoms with Gasteiger partial charge < -0.3 is 5.73 Å². The molecule has 10 nitrogen and oxygen atoms in total. The van der Waals surface area contributed by atoms with Crippen LogP contribution in [0.2, 0.25) is 0 Å². The summed E-state index contributed by atoms with van der Waals surface area (Å²) in [4.78, 5) is 31.0. The third-order valence-electron chi connectivity index (χ3n) is 4.26. The minimum absolute atomic E-state index is 0.00941. The molecule has 4 heterocycles. The van der Waals surface area contributed by atoms with Gasteiger partial charge in [-0.05, 0) is 19.1 Å². The van der Waals surface area contributed by atoms with Crippen LogP contribution in [0.5, 0.6) is 0 Å². The SMILES string of the molecule is C[C@@H](c1ncc(F)cn1)c1nc(-c2cnc3ccc(F)cn23)nc(N)c1[N+](=O)[O-]. The molecule has 4 aromatic rings. The summed E-state index contributed by atoms with van der Waals surface area (Å²) < 4.78 is 28.2. The fourth-order valence-corrected chi connectivity index (χ4v) is 2.88. The Morgan fingerprint density at radius 2 is 1.83 bits per heavy atom. The molecule has 0 bridgehead atoms. The van der Waals surface area contributed by atoms with Gasteiger partial charge in [-0.3, -0.25) is 14.5 Å². The molecular weight excluding hydrogens is 386 g/mol. The van der Waals surface area contributed by atoms with Crippen molar-refractivity contribution >= 4 is 17.2 Å². The van der Waals surface area contributed by atoms with Crippen molar-refractivity contribution in [2.24, 2.45) is 0 Å². The first-order chi connectivity index (χ1) is 13.8. The van der Waals surface area contributed by atoms with Gasteiger partial charge in [-0.15, -0.1) is 0 Å². The lowest BCUT2D eigenvalue weighted by atomic mass is 10.0. The largest absolute Gasteiger partial charge is 0.378 e. The number of nitrogens with two attached hydrogens (primary N) is 1. The number of nitrogen functional groups attached to an aromatic ring is 1. The van der Waals surface area contributed by atoms with Gasteiger partial charge in [0.1, 0.15) is 28.7 Å². The molecule has 29 heavy (non-hydrogen) atoms. The van der Waals surface area contributed by atoms with Crippen LogP contribution in [0.1, 0.15) is 24.4 Å². The number of fused-ring (bicyclic) bond motifs is 1. The van der Waals surface area contributed by atoms with Crippen molar-refractivity contribution in [2.75, 3.05) is 5.73 Å². The van der Waals surface area contributed by atoms with E-state index < -0.39 is 28.2 Å². The minimum Gasteiger partial charge on any atom is -0.378 e. The molecule has 146 valence electrons. The number of nitro groups is 1. The van der Waals surface area contributed by atoms with Crippen LogP contribution in [0, 0.1) is 21.7 Å². The van der Waals surface area contributed by atoms with Gasteiger partial charge in [0.05, 0.1) is 29.4 Å². The van der Waals surface area contributed by atoms with Crippen molar-refractivity contribution < 1.29 is 13.7 Å². The van der Waals surface area contributed by atoms with E-state index in [-0.39, 0.29) is 28.9 Å². The molecule has 2 N–H and O–H groups in total. The monoisotopic (exact) mass is 398 g/mol. The van der Waals surface area contributed by atoms with Gasteiger partial charge in [0.2, 0.25) is 5.82 Å². The molecule has 0 aliphatic heterocycles. The smallest absolute Gasteiger partial charge is 0.333 e. The number of pyridine rings is 1. The average Bonchev–Trinajstić information content (AvgIpc) is 3.10. The normalized spacial score (nSPS) is 12.2. The van der Waals surface area contributed by atoms with Crippen molar-refractivity contribution in [1.82, 2.24) is 29.3 Å². The van der Waals surface area contributed by atoms with Gasteiger partial charge in [-0.2, -0.15) is 0 Å². The van der Waals surface area contributed by atoms with E-state index in [9.17, 15) is 18.9 Å². The fourth-order valence-electron chi connectivity index (χ4n) is 2.88. The van der Waals surface area contributed by atoms with E-state index in [4.69, 9.17) is 5.73 Å². The van der Waals surface area contributed by atoms with E-state index in [2.05, 4.69) is 24.9 Å². The van der Waals surface area contributed by atoms with Crippen LogP contribution in [0.3, 0.4) is 0 Å². The molecule has 0 fully saturated rings. The highest BCUT2D eigenvalue weighted by Crippen LogP contribution is 2.34. The quantitative estimate of drug-likeness (QED) is 0.409. The topological polar surface area (TPSA) is 138 Å². The molecule has 4 aromatic heterocycles. The van der Waals surface area contributed by atoms with E-state index in [0.29, 0.717) is 5.65 Å². The molecular formula is C17H12F2N8O2. The summed E-state index contributed by atoms with van der Waals surface area (Å²) in [6.07, 6.45) is 4.48. The van der Waals surface area contributed by atoms with Gasteiger partial charge in [-0.25, -0.2) is 33.7 Å². The highest BCUT2D eigenvalue weighted by Gasteiger charge is 2.30. The number of hydrogen-bond donors (Lipinski definition) is 1. The zero-order valence-electron chi connectivity index (χ0n) is 14.8. The third kappa shape index (κ3) is 3.20. The van der Waals surface area contributed by atoms with Crippen LogP contribution in [0.15, 0.2) is 36.9 Å². The predicted molar refractivity (Wildman–Crippen MR) is 96.7 cm³/mol. The van der Waals surface area contributed by atoms with Gasteiger partial charge in [0.15, 0.2) is 11.6 Å². The van der Waals surface area contributed by atoms with Crippen LogP contribution in [-0.2, 0) is 0 Å². The number of anilines is 1. The van der Waals surface area contributed by atoms with E-state index in [1.54, 1.807) is 6.92 Å². The summed E-state index contributed by atoms with van der Waals surface area (Å²) in [7, 11) is 0. The van der Waals surface area contributed by atoms with E-state index >= 15 is 0 Å². The lowest BCUT2D eigenvalue weighted by molar-refractivity contribution is -0.385. The van der Waals surface area contributed by atoms with Gasteiger partial charge >= 0.3 is 5.69 Å². The molecule has 0 aliphatic rings. The van der Waals surface area contributed by atoms with Crippen molar-refractivity contribution in [2.45, 2.75) is 12.8 Å². The predicted octanol–water partition coefficient (Wildman–Crippen LogP) is 2.50. The molecule has 0 aliphatic carbocycles. The Hall–Kier alpha value is -4.09. The highest BCUT2D eigenvalue weighted by molar-refractivity contribution is 5.64. The lowest BCUT2D eigenvalue weighted by Crippen LogP contribution is -2.12. The van der Waals surface area contributed by atoms with Gasteiger partial charge in [-0.1, -0.05) is 0 Å². The van der Waals surface area contributed by atoms with Crippen LogP contribution >= 0.6 is 0 Å². The van der Waals surface area contributed by atoms with Crippen LogP contribution in [-0.4, -0.2) is 34.2 Å². The van der Waals surface area contributed by atoms with Crippen molar-refractivity contribution in [3.8, 4) is 11.5 Å². The standard InChI is InChI=1S/C17H12F2N8O2/c1-8(16-22-4-10(19)5-23-16)13-14(27(28)29)15(20)25-17(24-13)11-6-21-12-3-2-9(18)7-26(11)12/h2-8H,1H3,(H2,20,24,25)/t8-/m1/s1. The summed E-state index contributed by atoms with van der Waals surface area (Å²) >= 11 is 0. The molecule has 0 saturated heterocycles. The lowest BCUT2D eigenvalue weighted by Gasteiger charge is -2.12. The van der Waals surface area contributed by atoms with E-state index in [0.717, 1.165) is 12.4 Å². The van der Waals surface area contributed by atoms with Crippen molar-refractivity contribution in [1.29, 1.82) is 0 Å². The molecule has 0 unspecified atom stereocenters. The Balaban J connectivity index is 1.92. The first kappa shape index (κ1) is 18.3. The zero-order valence-corrected chi connectivity index (χ0v) is 14.8. The number of halogens is 2. The average molecular weight is 398 g/mol. The number of rotatable bonds is 4. The zero-order chi connectivity index (χ0) is 20.7. The summed E-state index contributed by atoms with van der Waals surface area (Å²) in [5.74, 6) is -2.21. The fraction of sp³-hybridized carbons (Fsp3) is 0.118. The first-order valence-corrected chi connectivity index (χ1v) is 8.27. The maximum atomic E-state index is 13.7. The molecule has 4 rings (SSSR count). The molecule has 0 aromatic carbocycles. The summed E-state index contributed by atoms with van der Waals surface area (Å²) in [5, 5.41) is 11.6. The Kier molecular flexibility index (Phi) is 4.30. The molecule has 0 amide bonds. The Morgan fingerprint density at radius 3 is 2.52 bits per heavy atom. The van der Waals surface area contributed by atoms with E-state index in [1.165, 1.54) is 28.9 Å². The van der Waals surface area contributed by atoms with Crippen molar-refractivity contribution in [3.63, 3.8) is 0 Å². The van der Waals surface area contributed by atoms with Crippen LogP contribution < -0.4 is 5.73 Å². The number of aromatic nitrogens is 6. The maximum Gasteiger partial charge on any atom is 0.333 e. The Morgan fingerprint density at radius 1 is 1.10 bits per heavy atom. The third-order valence-corrected chi connectivity index (χ3v) is 4.26. The van der Waals surface area contributed by atoms with Gasteiger partial charge in [0.25, 0.3) is 0 Å². The second-order valence-corrected chi connectivity index (χ2v) is 6.12. The summed E-state index contributed by atoms with van der Waals surface area (Å²) in [6.45, 7) is 1.57. The van der Waals surface area contributed by atoms with Crippen LogP contribution in [0.4, 0.5) is 20.3 Å². The molecule has 0 spiro atoms. The Bertz CT molecular complexity index is 1240. The summed E-state index contributed by atoms with van der Waals surface area (Å²) in [6, 6.07) is 2.71. The molecule has 12 heteroatoms. The number of hydrogen-bond acceptors (Lipinski definition) is 8. The molecule has 1 atom stereocenters. The summed E-state index contributed by atoms with van der Waals surface area (Å²) in [5.41, 5.74) is 6.00.